The highest BCUT2D eigenvalue weighted by molar-refractivity contribution is 9.09. The largest absolute Gasteiger partial charge is 0.120 e. The van der Waals surface area contributed by atoms with Gasteiger partial charge in [-0.3, -0.25) is 0 Å². The molecule has 12 heavy (non-hydrogen) atoms. The fraction of sp³-hybridized carbons (Fsp3) is 1.00. The highest BCUT2D eigenvalue weighted by Crippen LogP contribution is 2.40. The Labute approximate surface area is 105 Å². The molecule has 1 aliphatic rings. The van der Waals surface area contributed by atoms with Gasteiger partial charge in [0.2, 0.25) is 0 Å². The molecule has 1 saturated carbocycles. The summed E-state index contributed by atoms with van der Waals surface area (Å²) in [5, 5.41) is -1.66. The van der Waals surface area contributed by atoms with E-state index in [1.54, 1.807) is 0 Å². The molecule has 0 radical (unpaired) electrons. The summed E-state index contributed by atoms with van der Waals surface area (Å²) >= 11 is 33.1. The van der Waals surface area contributed by atoms with E-state index in [2.05, 4.69) is 15.9 Å². The van der Waals surface area contributed by atoms with Crippen molar-refractivity contribution in [3.8, 4) is 0 Å². The first kappa shape index (κ1) is 12.0. The van der Waals surface area contributed by atoms with E-state index in [1.807, 2.05) is 0 Å². The van der Waals surface area contributed by atoms with Crippen LogP contribution in [0.1, 0.15) is 0 Å². The van der Waals surface area contributed by atoms with Gasteiger partial charge in [-0.2, -0.15) is 0 Å². The topological polar surface area (TPSA) is 0 Å². The second-order valence-corrected chi connectivity index (χ2v) is 6.24. The van der Waals surface area contributed by atoms with Crippen molar-refractivity contribution in [2.24, 2.45) is 0 Å². The zero-order valence-corrected chi connectivity index (χ0v) is 11.1. The zero-order chi connectivity index (χ0) is 9.46. The minimum absolute atomic E-state index is 0.0965. The summed E-state index contributed by atoms with van der Waals surface area (Å²) in [7, 11) is 0. The minimum Gasteiger partial charge on any atom is -0.120 e. The first-order chi connectivity index (χ1) is 5.46. The van der Waals surface area contributed by atoms with Crippen LogP contribution in [0.4, 0.5) is 0 Å². The van der Waals surface area contributed by atoms with Crippen LogP contribution in [0.3, 0.4) is 0 Å². The minimum atomic E-state index is -0.382. The third kappa shape index (κ3) is 2.12. The fourth-order valence-electron chi connectivity index (χ4n) is 1.05. The molecule has 0 saturated heterocycles. The van der Waals surface area contributed by atoms with Crippen molar-refractivity contribution in [1.82, 2.24) is 0 Å². The van der Waals surface area contributed by atoms with Crippen LogP contribution in [0, 0.1) is 0 Å². The van der Waals surface area contributed by atoms with Gasteiger partial charge in [-0.1, -0.05) is 15.9 Å². The van der Waals surface area contributed by atoms with Gasteiger partial charge in [0, 0.05) is 0 Å². The van der Waals surface area contributed by atoms with Gasteiger partial charge in [-0.25, -0.2) is 0 Å². The molecule has 0 heterocycles. The van der Waals surface area contributed by atoms with E-state index in [1.165, 1.54) is 0 Å². The average Bonchev–Trinajstić information content (AvgIpc) is 2.08. The van der Waals surface area contributed by atoms with Crippen molar-refractivity contribution in [2.45, 2.75) is 31.7 Å². The van der Waals surface area contributed by atoms with Crippen LogP contribution in [0.25, 0.3) is 0 Å². The van der Waals surface area contributed by atoms with Gasteiger partial charge in [0.05, 0.1) is 31.7 Å². The summed E-state index contributed by atoms with van der Waals surface area (Å²) in [5.41, 5.74) is 0. The molecule has 0 aromatic rings. The van der Waals surface area contributed by atoms with Crippen LogP contribution in [-0.4, -0.2) is 31.7 Å². The predicted molar refractivity (Wildman–Crippen MR) is 60.9 cm³/mol. The van der Waals surface area contributed by atoms with E-state index in [0.717, 1.165) is 0 Å². The molecular weight excluding hydrogens is 329 g/mol. The Morgan fingerprint density at radius 2 is 0.833 bits per heavy atom. The first-order valence-corrected chi connectivity index (χ1v) is 6.41. The Bertz CT molecular complexity index is 107. The van der Waals surface area contributed by atoms with Crippen molar-refractivity contribution in [2.75, 3.05) is 0 Å². The molecule has 0 aromatic heterocycles. The highest BCUT2D eigenvalue weighted by atomic mass is 79.9. The lowest BCUT2D eigenvalue weighted by atomic mass is 9.98. The van der Waals surface area contributed by atoms with E-state index in [0.29, 0.717) is 0 Å². The van der Waals surface area contributed by atoms with Gasteiger partial charge in [0.15, 0.2) is 0 Å². The monoisotopic (exact) mass is 332 g/mol. The molecule has 0 amide bonds. The molecule has 1 rings (SSSR count). The third-order valence-corrected chi connectivity index (χ3v) is 6.80. The Kier molecular flexibility index (Phi) is 4.63. The maximum absolute atomic E-state index is 5.97. The summed E-state index contributed by atoms with van der Waals surface area (Å²) in [6.07, 6.45) is 0. The van der Waals surface area contributed by atoms with Gasteiger partial charge in [-0.15, -0.1) is 58.0 Å². The number of hydrogen-bond acceptors (Lipinski definition) is 0. The van der Waals surface area contributed by atoms with Crippen LogP contribution < -0.4 is 0 Å². The SMILES string of the molecule is ClC1[C@@H](Cl)[C@H](Cl)C(Br)[C@@H](Cl)[C@@H]1Cl. The van der Waals surface area contributed by atoms with Gasteiger partial charge in [0.25, 0.3) is 0 Å². The van der Waals surface area contributed by atoms with Crippen molar-refractivity contribution in [1.29, 1.82) is 0 Å². The quantitative estimate of drug-likeness (QED) is 0.591. The Morgan fingerprint density at radius 3 is 1.17 bits per heavy atom. The van der Waals surface area contributed by atoms with E-state index in [9.17, 15) is 0 Å². The van der Waals surface area contributed by atoms with Crippen LogP contribution in [0.2, 0.25) is 0 Å². The van der Waals surface area contributed by atoms with Crippen LogP contribution in [0.15, 0.2) is 0 Å². The lowest BCUT2D eigenvalue weighted by Gasteiger charge is -2.38. The van der Waals surface area contributed by atoms with E-state index >= 15 is 0 Å². The summed E-state index contributed by atoms with van der Waals surface area (Å²) < 4.78 is 0. The highest BCUT2D eigenvalue weighted by Gasteiger charge is 2.46. The standard InChI is InChI=1S/C6H6BrCl5/c7-1-2(8)4(10)6(12)5(11)3(1)9/h1-6H/t1?,2-,3-,4+,5+,6?/m1/s1. The maximum Gasteiger partial charge on any atom is 0.0692 e. The van der Waals surface area contributed by atoms with Gasteiger partial charge in [0.1, 0.15) is 0 Å². The lowest BCUT2D eigenvalue weighted by Crippen LogP contribution is -2.51. The number of alkyl halides is 6. The fourth-order valence-corrected chi connectivity index (χ4v) is 3.93. The normalized spacial score (nSPS) is 55.5. The molecule has 6 heteroatoms. The molecule has 0 spiro atoms. The molecule has 0 aromatic carbocycles. The van der Waals surface area contributed by atoms with Crippen molar-refractivity contribution in [3.63, 3.8) is 0 Å². The predicted octanol–water partition coefficient (Wildman–Crippen LogP) is 3.80. The number of hydrogen-bond donors (Lipinski definition) is 0. The van der Waals surface area contributed by atoms with Crippen LogP contribution >= 0.6 is 73.9 Å². The molecule has 1 aliphatic carbocycles. The van der Waals surface area contributed by atoms with E-state index < -0.39 is 0 Å². The molecule has 0 N–H and O–H groups in total. The van der Waals surface area contributed by atoms with Gasteiger partial charge < -0.3 is 0 Å². The number of rotatable bonds is 0. The summed E-state index contributed by atoms with van der Waals surface area (Å²) in [5.74, 6) is 0. The molecule has 0 aliphatic heterocycles. The zero-order valence-electron chi connectivity index (χ0n) is 5.73. The molecule has 72 valence electrons. The number of halogens is 6. The molecule has 0 bridgehead atoms. The van der Waals surface area contributed by atoms with E-state index in [-0.39, 0.29) is 31.7 Å². The Morgan fingerprint density at radius 1 is 0.583 bits per heavy atom. The van der Waals surface area contributed by atoms with Gasteiger partial charge >= 0.3 is 0 Å². The smallest absolute Gasteiger partial charge is 0.0692 e. The van der Waals surface area contributed by atoms with Crippen molar-refractivity contribution in [3.05, 3.63) is 0 Å². The molecule has 0 unspecified atom stereocenters. The van der Waals surface area contributed by atoms with E-state index in [4.69, 9.17) is 58.0 Å². The van der Waals surface area contributed by atoms with Gasteiger partial charge in [-0.05, 0) is 0 Å². The lowest BCUT2D eigenvalue weighted by molar-refractivity contribution is 0.555. The molecular formula is C6H6BrCl5. The summed E-state index contributed by atoms with van der Waals surface area (Å²) in [6.45, 7) is 0. The van der Waals surface area contributed by atoms with Crippen molar-refractivity contribution >= 4 is 73.9 Å². The second-order valence-electron chi connectivity index (χ2n) is 2.67. The Hall–Kier alpha value is 1.93. The van der Waals surface area contributed by atoms with Crippen LogP contribution in [-0.2, 0) is 0 Å². The van der Waals surface area contributed by atoms with Crippen LogP contribution in [0.5, 0.6) is 0 Å². The average molecular weight is 335 g/mol. The molecule has 1 fully saturated rings. The first-order valence-electron chi connectivity index (χ1n) is 3.31. The Balaban J connectivity index is 2.76. The second kappa shape index (κ2) is 4.63. The summed E-state index contributed by atoms with van der Waals surface area (Å²) in [6, 6.07) is 0. The maximum atomic E-state index is 5.97. The van der Waals surface area contributed by atoms with Crippen molar-refractivity contribution < 1.29 is 0 Å². The molecule has 4 atom stereocenters. The molecule has 0 nitrogen and oxygen atoms in total. The summed E-state index contributed by atoms with van der Waals surface area (Å²) in [4.78, 5) is -0.0965. The third-order valence-electron chi connectivity index (χ3n) is 1.83.